The Morgan fingerprint density at radius 1 is 1.15 bits per heavy atom. The van der Waals surface area contributed by atoms with E-state index in [1.165, 1.54) is 12.1 Å². The average molecular weight is 295 g/mol. The van der Waals surface area contributed by atoms with Crippen LogP contribution in [-0.4, -0.2) is 5.11 Å². The highest BCUT2D eigenvalue weighted by atomic mass is 35.5. The smallest absolute Gasteiger partial charge is 0.129 e. The molecule has 0 amide bonds. The van der Waals surface area contributed by atoms with Crippen LogP contribution in [0.1, 0.15) is 22.3 Å². The third-order valence-corrected chi connectivity index (χ3v) is 3.32. The Bertz CT molecular complexity index is 603. The maximum absolute atomic E-state index is 13.6. The maximum Gasteiger partial charge on any atom is 0.129 e. The number of hydrogen-bond donors (Lipinski definition) is 1. The van der Waals surface area contributed by atoms with Crippen LogP contribution in [-0.2, 0) is 13.2 Å². The minimum Gasteiger partial charge on any atom is -0.488 e. The summed E-state index contributed by atoms with van der Waals surface area (Å²) < 4.78 is 19.3. The van der Waals surface area contributed by atoms with E-state index >= 15 is 0 Å². The number of halogens is 2. The highest BCUT2D eigenvalue weighted by Gasteiger charge is 2.09. The molecule has 2 aromatic carbocycles. The number of hydrogen-bond acceptors (Lipinski definition) is 2. The summed E-state index contributed by atoms with van der Waals surface area (Å²) >= 11 is 5.85. The van der Waals surface area contributed by atoms with Gasteiger partial charge in [-0.25, -0.2) is 4.39 Å². The molecular weight excluding hydrogens is 279 g/mol. The van der Waals surface area contributed by atoms with Gasteiger partial charge in [-0.3, -0.25) is 0 Å². The van der Waals surface area contributed by atoms with Gasteiger partial charge in [0.05, 0.1) is 6.61 Å². The molecular formula is C16H16ClFO2. The van der Waals surface area contributed by atoms with Crippen LogP contribution in [0.15, 0.2) is 30.3 Å². The fraction of sp³-hybridized carbons (Fsp3) is 0.250. The van der Waals surface area contributed by atoms with Crippen molar-refractivity contribution < 1.29 is 14.2 Å². The summed E-state index contributed by atoms with van der Waals surface area (Å²) in [6, 6.07) is 8.11. The van der Waals surface area contributed by atoms with Crippen LogP contribution < -0.4 is 4.74 Å². The third-order valence-electron chi connectivity index (χ3n) is 3.08. The van der Waals surface area contributed by atoms with Gasteiger partial charge in [-0.2, -0.15) is 0 Å². The van der Waals surface area contributed by atoms with Crippen LogP contribution in [0, 0.1) is 19.7 Å². The van der Waals surface area contributed by atoms with Crippen molar-refractivity contribution in [1.29, 1.82) is 0 Å². The van der Waals surface area contributed by atoms with Gasteiger partial charge in [-0.15, -0.1) is 0 Å². The molecule has 2 nitrogen and oxygen atoms in total. The molecule has 2 rings (SSSR count). The lowest BCUT2D eigenvalue weighted by molar-refractivity contribution is 0.279. The Morgan fingerprint density at radius 3 is 2.40 bits per heavy atom. The van der Waals surface area contributed by atoms with Gasteiger partial charge in [0.2, 0.25) is 0 Å². The van der Waals surface area contributed by atoms with Crippen LogP contribution in [0.3, 0.4) is 0 Å². The lowest BCUT2D eigenvalue weighted by Gasteiger charge is -2.14. The second kappa shape index (κ2) is 6.25. The third kappa shape index (κ3) is 3.30. The van der Waals surface area contributed by atoms with Crippen LogP contribution >= 0.6 is 11.6 Å². The quantitative estimate of drug-likeness (QED) is 0.917. The van der Waals surface area contributed by atoms with Crippen molar-refractivity contribution in [3.63, 3.8) is 0 Å². The summed E-state index contributed by atoms with van der Waals surface area (Å²) in [6.45, 7) is 3.91. The van der Waals surface area contributed by atoms with E-state index in [0.717, 1.165) is 16.7 Å². The minimum absolute atomic E-state index is 0.00905. The SMILES string of the molecule is Cc1cc(CO)cc(C)c1OCc1cc(Cl)ccc1F. The fourth-order valence-corrected chi connectivity index (χ4v) is 2.36. The highest BCUT2D eigenvalue weighted by molar-refractivity contribution is 6.30. The van der Waals surface area contributed by atoms with Crippen molar-refractivity contribution in [3.8, 4) is 5.75 Å². The number of aliphatic hydroxyl groups is 1. The van der Waals surface area contributed by atoms with Crippen molar-refractivity contribution in [3.05, 3.63) is 63.4 Å². The number of ether oxygens (including phenoxy) is 1. The lowest BCUT2D eigenvalue weighted by Crippen LogP contribution is -2.02. The molecule has 0 aliphatic carbocycles. The molecule has 20 heavy (non-hydrogen) atoms. The molecule has 1 N–H and O–H groups in total. The standard InChI is InChI=1S/C16H16ClFO2/c1-10-5-12(8-19)6-11(2)16(10)20-9-13-7-14(17)3-4-15(13)18/h3-7,19H,8-9H2,1-2H3. The monoisotopic (exact) mass is 294 g/mol. The van der Waals surface area contributed by atoms with Crippen molar-refractivity contribution in [2.45, 2.75) is 27.1 Å². The Morgan fingerprint density at radius 2 is 1.80 bits per heavy atom. The van der Waals surface area contributed by atoms with Crippen LogP contribution in [0.5, 0.6) is 5.75 Å². The summed E-state index contributed by atoms with van der Waals surface area (Å²) in [5, 5.41) is 9.63. The maximum atomic E-state index is 13.6. The van der Waals surface area contributed by atoms with E-state index in [-0.39, 0.29) is 19.0 Å². The number of rotatable bonds is 4. The van der Waals surface area contributed by atoms with Gasteiger partial charge in [-0.05, 0) is 48.7 Å². The van der Waals surface area contributed by atoms with Gasteiger partial charge in [-0.1, -0.05) is 23.7 Å². The van der Waals surface area contributed by atoms with Crippen LogP contribution in [0.4, 0.5) is 4.39 Å². The van der Waals surface area contributed by atoms with Crippen molar-refractivity contribution in [2.75, 3.05) is 0 Å². The largest absolute Gasteiger partial charge is 0.488 e. The molecule has 0 unspecified atom stereocenters. The van der Waals surface area contributed by atoms with Gasteiger partial charge in [0.25, 0.3) is 0 Å². The fourth-order valence-electron chi connectivity index (χ4n) is 2.16. The predicted molar refractivity (Wildman–Crippen MR) is 77.6 cm³/mol. The number of aryl methyl sites for hydroxylation is 2. The zero-order chi connectivity index (χ0) is 14.7. The van der Waals surface area contributed by atoms with E-state index in [2.05, 4.69) is 0 Å². The zero-order valence-electron chi connectivity index (χ0n) is 11.4. The molecule has 0 aromatic heterocycles. The molecule has 0 spiro atoms. The second-order valence-corrected chi connectivity index (χ2v) is 5.18. The Hall–Kier alpha value is -1.58. The molecule has 0 aliphatic rings. The summed E-state index contributed by atoms with van der Waals surface area (Å²) in [5.74, 6) is 0.373. The first kappa shape index (κ1) is 14.8. The van der Waals surface area contributed by atoms with Gasteiger partial charge < -0.3 is 9.84 Å². The van der Waals surface area contributed by atoms with Gasteiger partial charge in [0.15, 0.2) is 0 Å². The number of aliphatic hydroxyl groups excluding tert-OH is 1. The molecule has 0 radical (unpaired) electrons. The van der Waals surface area contributed by atoms with Gasteiger partial charge in [0, 0.05) is 10.6 Å². The Kier molecular flexibility index (Phi) is 4.63. The molecule has 0 fully saturated rings. The van der Waals surface area contributed by atoms with Crippen LogP contribution in [0.2, 0.25) is 5.02 Å². The molecule has 0 aliphatic heterocycles. The zero-order valence-corrected chi connectivity index (χ0v) is 12.2. The van der Waals surface area contributed by atoms with Gasteiger partial charge >= 0.3 is 0 Å². The van der Waals surface area contributed by atoms with E-state index in [0.29, 0.717) is 16.3 Å². The summed E-state index contributed by atoms with van der Waals surface area (Å²) in [5.41, 5.74) is 3.08. The predicted octanol–water partition coefficient (Wildman–Crippen LogP) is 4.17. The summed E-state index contributed by atoms with van der Waals surface area (Å²) in [7, 11) is 0. The minimum atomic E-state index is -0.336. The van der Waals surface area contributed by atoms with E-state index in [9.17, 15) is 4.39 Å². The summed E-state index contributed by atoms with van der Waals surface area (Å²) in [6.07, 6.45) is 0. The lowest BCUT2D eigenvalue weighted by atomic mass is 10.1. The van der Waals surface area contributed by atoms with Gasteiger partial charge in [0.1, 0.15) is 18.2 Å². The molecule has 0 saturated heterocycles. The Labute approximate surface area is 122 Å². The second-order valence-electron chi connectivity index (χ2n) is 4.74. The van der Waals surface area contributed by atoms with Crippen molar-refractivity contribution >= 4 is 11.6 Å². The van der Waals surface area contributed by atoms with E-state index in [4.69, 9.17) is 21.4 Å². The molecule has 2 aromatic rings. The molecule has 0 bridgehead atoms. The molecule has 4 heteroatoms. The summed E-state index contributed by atoms with van der Waals surface area (Å²) in [4.78, 5) is 0. The topological polar surface area (TPSA) is 29.5 Å². The first-order chi connectivity index (χ1) is 9.51. The van der Waals surface area contributed by atoms with E-state index in [1.807, 2.05) is 26.0 Å². The highest BCUT2D eigenvalue weighted by Crippen LogP contribution is 2.26. The first-order valence-corrected chi connectivity index (χ1v) is 6.66. The normalized spacial score (nSPS) is 10.7. The van der Waals surface area contributed by atoms with E-state index in [1.54, 1.807) is 6.07 Å². The van der Waals surface area contributed by atoms with Crippen LogP contribution in [0.25, 0.3) is 0 Å². The average Bonchev–Trinajstić information content (AvgIpc) is 2.41. The van der Waals surface area contributed by atoms with Crippen molar-refractivity contribution in [1.82, 2.24) is 0 Å². The van der Waals surface area contributed by atoms with Crippen molar-refractivity contribution in [2.24, 2.45) is 0 Å². The molecule has 0 saturated carbocycles. The molecule has 0 atom stereocenters. The molecule has 0 heterocycles. The van der Waals surface area contributed by atoms with E-state index < -0.39 is 0 Å². The molecule has 106 valence electrons. The Balaban J connectivity index is 2.21. The number of benzene rings is 2. The first-order valence-electron chi connectivity index (χ1n) is 6.29.